The third kappa shape index (κ3) is 1.73. The number of benzene rings is 1. The number of fused-ring (bicyclic) bond motifs is 3. The van der Waals surface area contributed by atoms with Gasteiger partial charge in [0, 0.05) is 0 Å². The molecule has 1 aliphatic rings. The summed E-state index contributed by atoms with van der Waals surface area (Å²) in [5, 5.41) is 0. The van der Waals surface area contributed by atoms with Crippen molar-refractivity contribution in [2.45, 2.75) is 45.1 Å². The van der Waals surface area contributed by atoms with Crippen LogP contribution in [0.2, 0.25) is 0 Å². The third-order valence-electron chi connectivity index (χ3n) is 5.00. The fourth-order valence-corrected chi connectivity index (χ4v) is 3.64. The SMILES string of the molecule is CCC1(CC)CCn2cc[n+](C)c2-c2ccccc21. The summed E-state index contributed by atoms with van der Waals surface area (Å²) in [5.41, 5.74) is 3.28. The first kappa shape index (κ1) is 12.5. The molecule has 0 fully saturated rings. The number of hydrogen-bond donors (Lipinski definition) is 0. The Balaban J connectivity index is 2.29. The fraction of sp³-hybridized carbons (Fsp3) is 0.471. The Morgan fingerprint density at radius 3 is 2.68 bits per heavy atom. The molecule has 0 radical (unpaired) electrons. The van der Waals surface area contributed by atoms with Gasteiger partial charge in [0.25, 0.3) is 5.82 Å². The lowest BCUT2D eigenvalue weighted by Gasteiger charge is -2.31. The highest BCUT2D eigenvalue weighted by atomic mass is 15.1. The highest BCUT2D eigenvalue weighted by molar-refractivity contribution is 5.61. The molecule has 1 aliphatic heterocycles. The van der Waals surface area contributed by atoms with Gasteiger partial charge in [-0.25, -0.2) is 9.13 Å². The van der Waals surface area contributed by atoms with Gasteiger partial charge in [0.05, 0.1) is 19.2 Å². The van der Waals surface area contributed by atoms with Crippen molar-refractivity contribution in [3.8, 4) is 11.4 Å². The van der Waals surface area contributed by atoms with Crippen LogP contribution in [-0.4, -0.2) is 4.57 Å². The Bertz CT molecular complexity index is 591. The van der Waals surface area contributed by atoms with E-state index in [-0.39, 0.29) is 0 Å². The molecule has 0 atom stereocenters. The molecule has 0 N–H and O–H groups in total. The van der Waals surface area contributed by atoms with Crippen molar-refractivity contribution in [2.24, 2.45) is 7.05 Å². The maximum Gasteiger partial charge on any atom is 0.288 e. The second-order valence-electron chi connectivity index (χ2n) is 5.71. The molecule has 19 heavy (non-hydrogen) atoms. The summed E-state index contributed by atoms with van der Waals surface area (Å²) in [6.45, 7) is 5.79. The van der Waals surface area contributed by atoms with E-state index < -0.39 is 0 Å². The molecule has 0 spiro atoms. The molecule has 0 bridgehead atoms. The topological polar surface area (TPSA) is 8.81 Å². The fourth-order valence-electron chi connectivity index (χ4n) is 3.64. The Hall–Kier alpha value is -1.57. The highest BCUT2D eigenvalue weighted by Crippen LogP contribution is 2.42. The lowest BCUT2D eigenvalue weighted by Crippen LogP contribution is -2.29. The van der Waals surface area contributed by atoms with Gasteiger partial charge in [0.1, 0.15) is 12.4 Å². The highest BCUT2D eigenvalue weighted by Gasteiger charge is 2.37. The van der Waals surface area contributed by atoms with Gasteiger partial charge in [0.15, 0.2) is 0 Å². The minimum absolute atomic E-state index is 0.336. The average Bonchev–Trinajstić information content (AvgIpc) is 2.75. The second kappa shape index (κ2) is 4.52. The number of imidazole rings is 1. The largest absolute Gasteiger partial charge is 0.288 e. The van der Waals surface area contributed by atoms with E-state index in [1.54, 1.807) is 0 Å². The lowest BCUT2D eigenvalue weighted by atomic mass is 9.72. The third-order valence-corrected chi connectivity index (χ3v) is 5.00. The van der Waals surface area contributed by atoms with Crippen molar-refractivity contribution in [1.82, 2.24) is 4.57 Å². The number of aromatic nitrogens is 2. The Morgan fingerprint density at radius 1 is 1.21 bits per heavy atom. The van der Waals surface area contributed by atoms with Crippen molar-refractivity contribution in [3.63, 3.8) is 0 Å². The van der Waals surface area contributed by atoms with E-state index in [1.165, 1.54) is 36.2 Å². The van der Waals surface area contributed by atoms with Crippen LogP contribution in [0.1, 0.15) is 38.7 Å². The molecule has 100 valence electrons. The van der Waals surface area contributed by atoms with E-state index in [1.807, 2.05) is 0 Å². The molecule has 1 aromatic heterocycles. The molecule has 0 saturated heterocycles. The van der Waals surface area contributed by atoms with E-state index >= 15 is 0 Å². The van der Waals surface area contributed by atoms with Crippen molar-refractivity contribution in [1.29, 1.82) is 0 Å². The van der Waals surface area contributed by atoms with Crippen molar-refractivity contribution in [3.05, 3.63) is 42.2 Å². The van der Waals surface area contributed by atoms with Crippen LogP contribution in [0, 0.1) is 0 Å². The van der Waals surface area contributed by atoms with Gasteiger partial charge in [-0.15, -0.1) is 0 Å². The van der Waals surface area contributed by atoms with E-state index in [2.05, 4.69) is 66.7 Å². The van der Waals surface area contributed by atoms with Crippen LogP contribution in [0.25, 0.3) is 11.4 Å². The van der Waals surface area contributed by atoms with Crippen LogP contribution >= 0.6 is 0 Å². The van der Waals surface area contributed by atoms with Crippen molar-refractivity contribution >= 4 is 0 Å². The standard InChI is InChI=1S/C17H23N2/c1-4-17(5-2)10-11-19-13-12-18(3)16(19)14-8-6-7-9-15(14)17/h6-9,12-13H,4-5,10-11H2,1-3H3/q+1. The van der Waals surface area contributed by atoms with Gasteiger partial charge >= 0.3 is 0 Å². The predicted molar refractivity (Wildman–Crippen MR) is 77.9 cm³/mol. The Kier molecular flexibility index (Phi) is 2.96. The maximum absolute atomic E-state index is 2.41. The first-order chi connectivity index (χ1) is 9.22. The summed E-state index contributed by atoms with van der Waals surface area (Å²) in [6.07, 6.45) is 8.05. The van der Waals surface area contributed by atoms with Gasteiger partial charge < -0.3 is 0 Å². The first-order valence-corrected chi connectivity index (χ1v) is 7.36. The van der Waals surface area contributed by atoms with Gasteiger partial charge in [-0.2, -0.15) is 0 Å². The number of aryl methyl sites for hydroxylation is 2. The Labute approximate surface area is 115 Å². The van der Waals surface area contributed by atoms with Crippen molar-refractivity contribution < 1.29 is 4.57 Å². The zero-order chi connectivity index (χ0) is 13.5. The van der Waals surface area contributed by atoms with Crippen LogP contribution in [0.3, 0.4) is 0 Å². The summed E-state index contributed by atoms with van der Waals surface area (Å²) >= 11 is 0. The summed E-state index contributed by atoms with van der Waals surface area (Å²) in [4.78, 5) is 0. The molecule has 2 heterocycles. The summed E-state index contributed by atoms with van der Waals surface area (Å²) in [6, 6.07) is 8.98. The maximum atomic E-state index is 2.41. The first-order valence-electron chi connectivity index (χ1n) is 7.36. The minimum Gasteiger partial charge on any atom is -0.233 e. The predicted octanol–water partition coefficient (Wildman–Crippen LogP) is 3.44. The second-order valence-corrected chi connectivity index (χ2v) is 5.71. The van der Waals surface area contributed by atoms with Gasteiger partial charge in [-0.3, -0.25) is 0 Å². The number of hydrogen-bond acceptors (Lipinski definition) is 0. The normalized spacial score (nSPS) is 16.6. The molecule has 2 aromatic rings. The van der Waals surface area contributed by atoms with E-state index in [4.69, 9.17) is 0 Å². The molecule has 2 heteroatoms. The lowest BCUT2D eigenvalue weighted by molar-refractivity contribution is -0.659. The Morgan fingerprint density at radius 2 is 1.95 bits per heavy atom. The molecule has 1 aromatic carbocycles. The molecule has 3 rings (SSSR count). The van der Waals surface area contributed by atoms with Crippen LogP contribution in [0.5, 0.6) is 0 Å². The van der Waals surface area contributed by atoms with Crippen LogP contribution in [-0.2, 0) is 19.0 Å². The van der Waals surface area contributed by atoms with E-state index in [9.17, 15) is 0 Å². The van der Waals surface area contributed by atoms with Crippen LogP contribution in [0.15, 0.2) is 36.7 Å². The average molecular weight is 255 g/mol. The molecule has 2 nitrogen and oxygen atoms in total. The molecular formula is C17H23N2+. The molecule has 0 amide bonds. The van der Waals surface area contributed by atoms with Gasteiger partial charge in [-0.1, -0.05) is 32.0 Å². The number of nitrogens with zero attached hydrogens (tertiary/aromatic N) is 2. The van der Waals surface area contributed by atoms with Crippen LogP contribution < -0.4 is 4.57 Å². The van der Waals surface area contributed by atoms with E-state index in [0.717, 1.165) is 6.54 Å². The molecule has 0 saturated carbocycles. The van der Waals surface area contributed by atoms with Crippen LogP contribution in [0.4, 0.5) is 0 Å². The zero-order valence-corrected chi connectivity index (χ0v) is 12.2. The molecule has 0 unspecified atom stereocenters. The zero-order valence-electron chi connectivity index (χ0n) is 12.2. The van der Waals surface area contributed by atoms with E-state index in [0.29, 0.717) is 5.41 Å². The minimum atomic E-state index is 0.336. The van der Waals surface area contributed by atoms with Crippen molar-refractivity contribution in [2.75, 3.05) is 0 Å². The summed E-state index contributed by atoms with van der Waals surface area (Å²) in [7, 11) is 2.15. The summed E-state index contributed by atoms with van der Waals surface area (Å²) in [5.74, 6) is 1.35. The monoisotopic (exact) mass is 255 g/mol. The smallest absolute Gasteiger partial charge is 0.233 e. The number of rotatable bonds is 2. The van der Waals surface area contributed by atoms with Gasteiger partial charge in [0.2, 0.25) is 0 Å². The van der Waals surface area contributed by atoms with Gasteiger partial charge in [-0.05, 0) is 36.3 Å². The summed E-state index contributed by atoms with van der Waals surface area (Å²) < 4.78 is 4.66. The molecule has 0 aliphatic carbocycles. The quantitative estimate of drug-likeness (QED) is 0.727. The molecular weight excluding hydrogens is 232 g/mol.